The molecule has 228 valence electrons. The van der Waals surface area contributed by atoms with Crippen molar-refractivity contribution < 1.29 is 0 Å². The lowest BCUT2D eigenvalue weighted by Crippen LogP contribution is -2.18. The van der Waals surface area contributed by atoms with Gasteiger partial charge in [-0.25, -0.2) is 0 Å². The maximum Gasteiger partial charge on any atom is 0.161 e. The molecule has 0 bridgehead atoms. The molecule has 0 saturated heterocycles. The molecule has 6 heteroatoms. The maximum atomic E-state index is 5.13. The van der Waals surface area contributed by atoms with Crippen molar-refractivity contribution in [2.24, 2.45) is 5.10 Å². The molecule has 2 N–H and O–H groups in total. The summed E-state index contributed by atoms with van der Waals surface area (Å²) in [5, 5.41) is 21.4. The summed E-state index contributed by atoms with van der Waals surface area (Å²) < 4.78 is 0. The monoisotopic (exact) mass is 610 g/mol. The average molecular weight is 611 g/mol. The molecule has 1 aliphatic heterocycles. The normalized spacial score (nSPS) is 14.4. The lowest BCUT2D eigenvalue weighted by atomic mass is 9.98. The van der Waals surface area contributed by atoms with Gasteiger partial charge in [-0.05, 0) is 78.6 Å². The quantitative estimate of drug-likeness (QED) is 0.188. The molecule has 8 rings (SSSR count). The highest BCUT2D eigenvalue weighted by Gasteiger charge is 2.29. The third kappa shape index (κ3) is 5.55. The zero-order valence-corrected chi connectivity index (χ0v) is 26.4. The zero-order valence-electron chi connectivity index (χ0n) is 26.4. The molecular weight excluding hydrogens is 576 g/mol. The van der Waals surface area contributed by atoms with Crippen LogP contribution >= 0.6 is 0 Å². The van der Waals surface area contributed by atoms with E-state index in [1.807, 2.05) is 12.1 Å². The molecule has 0 spiro atoms. The van der Waals surface area contributed by atoms with Gasteiger partial charge in [-0.3, -0.25) is 5.01 Å². The van der Waals surface area contributed by atoms with Crippen molar-refractivity contribution in [2.75, 3.05) is 10.3 Å². The first-order valence-corrected chi connectivity index (χ1v) is 16.0. The number of H-pyrrole nitrogens is 1. The summed E-state index contributed by atoms with van der Waals surface area (Å²) in [4.78, 5) is 3.43. The number of aromatic nitrogens is 3. The molecule has 1 aliphatic rings. The van der Waals surface area contributed by atoms with Crippen LogP contribution < -0.4 is 10.3 Å². The molecule has 0 aliphatic carbocycles. The molecule has 0 amide bonds. The van der Waals surface area contributed by atoms with Crippen LogP contribution in [0.5, 0.6) is 0 Å². The Labute approximate surface area is 274 Å². The number of nitrogens with zero attached hydrogens (tertiary/aromatic N) is 4. The average Bonchev–Trinajstić information content (AvgIpc) is 3.76. The standard InChI is InChI=1S/C41H34N6/c1-27-17-18-31(23-28(27)2)38-24-35(36-26-42-37-16-10-9-15-34(36)37)41(45-44-38)43-32-21-19-29(20-22-32)39-25-40(30-11-5-3-6-12-30)47(46-39)33-13-7-4-8-14-33/h3-24,26,40,42H,25H2,1-2H3,(H,43,45). The number of hydrogen-bond acceptors (Lipinski definition) is 5. The fourth-order valence-electron chi connectivity index (χ4n) is 6.35. The van der Waals surface area contributed by atoms with Crippen molar-refractivity contribution in [3.8, 4) is 22.4 Å². The number of nitrogens with one attached hydrogen (secondary N) is 2. The van der Waals surface area contributed by atoms with Crippen LogP contribution in [0.3, 0.4) is 0 Å². The Hall–Kier alpha value is -6.01. The van der Waals surface area contributed by atoms with Gasteiger partial charge in [0.05, 0.1) is 23.1 Å². The van der Waals surface area contributed by atoms with Crippen molar-refractivity contribution in [1.82, 2.24) is 15.2 Å². The second-order valence-corrected chi connectivity index (χ2v) is 12.1. The Morgan fingerprint density at radius 2 is 1.40 bits per heavy atom. The highest BCUT2D eigenvalue weighted by molar-refractivity contribution is 6.04. The van der Waals surface area contributed by atoms with Crippen LogP contribution in [0.2, 0.25) is 0 Å². The lowest BCUT2D eigenvalue weighted by molar-refractivity contribution is 0.709. The van der Waals surface area contributed by atoms with Gasteiger partial charge in [0.1, 0.15) is 0 Å². The van der Waals surface area contributed by atoms with Crippen molar-refractivity contribution in [3.63, 3.8) is 0 Å². The summed E-state index contributed by atoms with van der Waals surface area (Å²) in [6.07, 6.45) is 2.88. The molecule has 47 heavy (non-hydrogen) atoms. The summed E-state index contributed by atoms with van der Waals surface area (Å²) in [7, 11) is 0. The van der Waals surface area contributed by atoms with Crippen LogP contribution in [-0.2, 0) is 0 Å². The molecule has 5 aromatic carbocycles. The predicted octanol–water partition coefficient (Wildman–Crippen LogP) is 10.0. The Bertz CT molecular complexity index is 2220. The maximum absolute atomic E-state index is 5.13. The van der Waals surface area contributed by atoms with Crippen molar-refractivity contribution in [1.29, 1.82) is 0 Å². The summed E-state index contributed by atoms with van der Waals surface area (Å²) in [5.41, 5.74) is 12.9. The topological polar surface area (TPSA) is 69.2 Å². The van der Waals surface area contributed by atoms with Crippen LogP contribution in [0.1, 0.15) is 34.7 Å². The van der Waals surface area contributed by atoms with Crippen molar-refractivity contribution in [2.45, 2.75) is 26.3 Å². The number of anilines is 3. The van der Waals surface area contributed by atoms with Gasteiger partial charge in [-0.2, -0.15) is 5.10 Å². The second-order valence-electron chi connectivity index (χ2n) is 12.1. The minimum Gasteiger partial charge on any atom is -0.361 e. The van der Waals surface area contributed by atoms with Gasteiger partial charge in [0.2, 0.25) is 0 Å². The number of rotatable bonds is 7. The van der Waals surface area contributed by atoms with E-state index in [1.54, 1.807) is 0 Å². The molecule has 0 radical (unpaired) electrons. The summed E-state index contributed by atoms with van der Waals surface area (Å²) in [5.74, 6) is 0.702. The summed E-state index contributed by atoms with van der Waals surface area (Å²) >= 11 is 0. The molecule has 3 heterocycles. The van der Waals surface area contributed by atoms with E-state index in [2.05, 4.69) is 162 Å². The van der Waals surface area contributed by atoms with Gasteiger partial charge in [0.15, 0.2) is 5.82 Å². The van der Waals surface area contributed by atoms with Gasteiger partial charge < -0.3 is 10.3 Å². The smallest absolute Gasteiger partial charge is 0.161 e. The van der Waals surface area contributed by atoms with E-state index in [9.17, 15) is 0 Å². The van der Waals surface area contributed by atoms with Crippen LogP contribution in [0, 0.1) is 13.8 Å². The fraction of sp³-hybridized carbons (Fsp3) is 0.0976. The molecule has 2 aromatic heterocycles. The van der Waals surface area contributed by atoms with Crippen LogP contribution in [-0.4, -0.2) is 20.9 Å². The Morgan fingerprint density at radius 1 is 0.681 bits per heavy atom. The lowest BCUT2D eigenvalue weighted by Gasteiger charge is -2.23. The zero-order chi connectivity index (χ0) is 31.7. The third-order valence-corrected chi connectivity index (χ3v) is 9.07. The number of fused-ring (bicyclic) bond motifs is 1. The van der Waals surface area contributed by atoms with E-state index >= 15 is 0 Å². The van der Waals surface area contributed by atoms with Crippen molar-refractivity contribution >= 4 is 33.8 Å². The van der Waals surface area contributed by atoms with E-state index in [1.165, 1.54) is 16.7 Å². The van der Waals surface area contributed by atoms with Crippen LogP contribution in [0.25, 0.3) is 33.3 Å². The van der Waals surface area contributed by atoms with E-state index in [4.69, 9.17) is 10.2 Å². The Balaban J connectivity index is 1.12. The molecule has 0 saturated carbocycles. The van der Waals surface area contributed by atoms with Crippen LogP contribution in [0.15, 0.2) is 145 Å². The van der Waals surface area contributed by atoms with Crippen LogP contribution in [0.4, 0.5) is 17.2 Å². The highest BCUT2D eigenvalue weighted by atomic mass is 15.5. The number of aryl methyl sites for hydroxylation is 2. The number of aromatic amines is 1. The number of hydrogen-bond donors (Lipinski definition) is 2. The summed E-state index contributed by atoms with van der Waals surface area (Å²) in [6, 6.07) is 46.5. The third-order valence-electron chi connectivity index (χ3n) is 9.07. The molecule has 6 nitrogen and oxygen atoms in total. The molecule has 7 aromatic rings. The first-order chi connectivity index (χ1) is 23.1. The number of hydrazone groups is 1. The van der Waals surface area contributed by atoms with Gasteiger partial charge in [-0.1, -0.05) is 91.0 Å². The molecule has 1 unspecified atom stereocenters. The largest absolute Gasteiger partial charge is 0.361 e. The SMILES string of the molecule is Cc1ccc(-c2cc(-c3c[nH]c4ccccc34)c(Nc3ccc(C4=NN(c5ccccc5)C(c5ccccc5)C4)cc3)nn2)cc1C. The fourth-order valence-corrected chi connectivity index (χ4v) is 6.35. The van der Waals surface area contributed by atoms with E-state index in [0.29, 0.717) is 5.82 Å². The second kappa shape index (κ2) is 12.1. The molecule has 0 fully saturated rings. The summed E-state index contributed by atoms with van der Waals surface area (Å²) in [6.45, 7) is 4.26. The first-order valence-electron chi connectivity index (χ1n) is 16.0. The minimum absolute atomic E-state index is 0.135. The van der Waals surface area contributed by atoms with E-state index in [0.717, 1.165) is 62.4 Å². The minimum atomic E-state index is 0.135. The predicted molar refractivity (Wildman–Crippen MR) is 193 cm³/mol. The van der Waals surface area contributed by atoms with Gasteiger partial charge in [0.25, 0.3) is 0 Å². The first kappa shape index (κ1) is 28.5. The number of para-hydroxylation sites is 2. The van der Waals surface area contributed by atoms with Gasteiger partial charge in [-0.15, -0.1) is 10.2 Å². The van der Waals surface area contributed by atoms with Gasteiger partial charge in [0, 0.05) is 45.9 Å². The van der Waals surface area contributed by atoms with E-state index in [-0.39, 0.29) is 6.04 Å². The Kier molecular flexibility index (Phi) is 7.31. The molecule has 1 atom stereocenters. The van der Waals surface area contributed by atoms with E-state index < -0.39 is 0 Å². The number of benzene rings is 5. The van der Waals surface area contributed by atoms with Gasteiger partial charge >= 0.3 is 0 Å². The van der Waals surface area contributed by atoms with Crippen molar-refractivity contribution in [3.05, 3.63) is 162 Å². The molecular formula is C41H34N6. The Morgan fingerprint density at radius 3 is 2.19 bits per heavy atom. The highest BCUT2D eigenvalue weighted by Crippen LogP contribution is 2.38.